The molecule has 1 aromatic heterocycles. The summed E-state index contributed by atoms with van der Waals surface area (Å²) in [6, 6.07) is 2.90. The molecule has 0 bridgehead atoms. The Morgan fingerprint density at radius 2 is 2.05 bits per heavy atom. The second-order valence-electron chi connectivity index (χ2n) is 4.40. The number of fused-ring (bicyclic) bond motifs is 1. The molecule has 0 saturated carbocycles. The molecule has 4 nitrogen and oxygen atoms in total. The molecule has 104 valence electrons. The van der Waals surface area contributed by atoms with E-state index in [1.165, 1.54) is 12.1 Å². The quantitative estimate of drug-likeness (QED) is 0.918. The van der Waals surface area contributed by atoms with Crippen molar-refractivity contribution >= 4 is 28.6 Å². The molecule has 1 aromatic carbocycles. The number of nitrogens with two attached hydrogens (primary N) is 1. The van der Waals surface area contributed by atoms with Crippen LogP contribution in [-0.2, 0) is 6.54 Å². The minimum atomic E-state index is -0.446. The van der Waals surface area contributed by atoms with E-state index >= 15 is 0 Å². The number of benzene rings is 1. The molecule has 2 rings (SSSR count). The maximum Gasteiger partial charge on any atom is 0.201 e. The average molecular weight is 285 g/mol. The van der Waals surface area contributed by atoms with Gasteiger partial charge in [0, 0.05) is 19.2 Å². The van der Waals surface area contributed by atoms with E-state index in [1.807, 2.05) is 4.57 Å². The van der Waals surface area contributed by atoms with Crippen molar-refractivity contribution in [3.63, 3.8) is 0 Å². The van der Waals surface area contributed by atoms with Crippen LogP contribution in [0.2, 0.25) is 5.02 Å². The van der Waals surface area contributed by atoms with Gasteiger partial charge in [-0.3, -0.25) is 0 Å². The zero-order valence-electron chi connectivity index (χ0n) is 11.2. The molecule has 0 unspecified atom stereocenters. The van der Waals surface area contributed by atoms with Gasteiger partial charge in [0.1, 0.15) is 5.82 Å². The van der Waals surface area contributed by atoms with Crippen molar-refractivity contribution in [2.45, 2.75) is 20.4 Å². The average Bonchev–Trinajstić information content (AvgIpc) is 2.67. The van der Waals surface area contributed by atoms with Gasteiger partial charge in [-0.2, -0.15) is 0 Å². The molecule has 0 atom stereocenters. The summed E-state index contributed by atoms with van der Waals surface area (Å²) in [6.45, 7) is 7.71. The number of aromatic nitrogens is 2. The van der Waals surface area contributed by atoms with Gasteiger partial charge < -0.3 is 15.2 Å². The molecule has 19 heavy (non-hydrogen) atoms. The van der Waals surface area contributed by atoms with E-state index in [0.29, 0.717) is 23.5 Å². The molecule has 0 aliphatic carbocycles. The standard InChI is InChI=1S/C13H18ClFN4/c1-3-18(4-2)5-6-19-12-8-10(15)9(14)7-11(12)17-13(19)16/h7-8H,3-6H2,1-2H3,(H2,16,17). The van der Waals surface area contributed by atoms with Crippen molar-refractivity contribution in [1.29, 1.82) is 0 Å². The normalized spacial score (nSPS) is 11.6. The molecule has 2 N–H and O–H groups in total. The van der Waals surface area contributed by atoms with E-state index < -0.39 is 5.82 Å². The number of imidazole rings is 1. The second kappa shape index (κ2) is 5.75. The number of halogens is 2. The highest BCUT2D eigenvalue weighted by atomic mass is 35.5. The van der Waals surface area contributed by atoms with Crippen molar-refractivity contribution < 1.29 is 4.39 Å². The Morgan fingerprint density at radius 3 is 2.68 bits per heavy atom. The van der Waals surface area contributed by atoms with Gasteiger partial charge in [0.25, 0.3) is 0 Å². The fourth-order valence-electron chi connectivity index (χ4n) is 2.16. The number of rotatable bonds is 5. The summed E-state index contributed by atoms with van der Waals surface area (Å²) in [5.74, 6) is -0.0537. The number of nitrogen functional groups attached to an aromatic ring is 1. The Bertz CT molecular complexity index is 578. The minimum absolute atomic E-state index is 0.0703. The summed E-state index contributed by atoms with van der Waals surface area (Å²) in [4.78, 5) is 6.49. The Balaban J connectivity index is 2.32. The molecule has 0 amide bonds. The third kappa shape index (κ3) is 2.82. The summed E-state index contributed by atoms with van der Waals surface area (Å²) < 4.78 is 15.4. The molecular weight excluding hydrogens is 267 g/mol. The van der Waals surface area contributed by atoms with Crippen LogP contribution < -0.4 is 5.73 Å². The lowest BCUT2D eigenvalue weighted by Crippen LogP contribution is -2.27. The predicted octanol–water partition coefficient (Wildman–Crippen LogP) is 2.75. The molecule has 6 heteroatoms. The monoisotopic (exact) mass is 284 g/mol. The first kappa shape index (κ1) is 14.1. The summed E-state index contributed by atoms with van der Waals surface area (Å²) in [6.07, 6.45) is 0. The topological polar surface area (TPSA) is 47.1 Å². The molecule has 0 saturated heterocycles. The maximum atomic E-state index is 13.5. The van der Waals surface area contributed by atoms with Crippen molar-refractivity contribution in [2.24, 2.45) is 0 Å². The van der Waals surface area contributed by atoms with E-state index in [9.17, 15) is 4.39 Å². The summed E-state index contributed by atoms with van der Waals surface area (Å²) in [5, 5.41) is 0.0703. The third-order valence-electron chi connectivity index (χ3n) is 3.35. The summed E-state index contributed by atoms with van der Waals surface area (Å²) in [5.41, 5.74) is 7.21. The predicted molar refractivity (Wildman–Crippen MR) is 76.9 cm³/mol. The summed E-state index contributed by atoms with van der Waals surface area (Å²) >= 11 is 5.75. The molecule has 0 spiro atoms. The van der Waals surface area contributed by atoms with Crippen molar-refractivity contribution in [3.05, 3.63) is 23.0 Å². The molecule has 0 aliphatic heterocycles. The zero-order chi connectivity index (χ0) is 14.0. The second-order valence-corrected chi connectivity index (χ2v) is 4.81. The first-order chi connectivity index (χ1) is 9.06. The molecule has 1 heterocycles. The third-order valence-corrected chi connectivity index (χ3v) is 3.64. The number of anilines is 1. The Morgan fingerprint density at radius 1 is 1.37 bits per heavy atom. The van der Waals surface area contributed by atoms with Gasteiger partial charge in [0.15, 0.2) is 0 Å². The molecule has 0 aliphatic rings. The maximum absolute atomic E-state index is 13.5. The van der Waals surface area contributed by atoms with Gasteiger partial charge in [-0.15, -0.1) is 0 Å². The largest absolute Gasteiger partial charge is 0.369 e. The van der Waals surface area contributed by atoms with Crippen LogP contribution in [0, 0.1) is 5.82 Å². The lowest BCUT2D eigenvalue weighted by atomic mass is 10.3. The van der Waals surface area contributed by atoms with Crippen LogP contribution in [-0.4, -0.2) is 34.1 Å². The molecule has 2 aromatic rings. The van der Waals surface area contributed by atoms with Gasteiger partial charge in [-0.05, 0) is 19.2 Å². The van der Waals surface area contributed by atoms with E-state index in [-0.39, 0.29) is 5.02 Å². The van der Waals surface area contributed by atoms with E-state index in [0.717, 1.165) is 19.6 Å². The van der Waals surface area contributed by atoms with Crippen LogP contribution in [0.15, 0.2) is 12.1 Å². The smallest absolute Gasteiger partial charge is 0.201 e. The van der Waals surface area contributed by atoms with Crippen LogP contribution in [0.3, 0.4) is 0 Å². The molecular formula is C13H18ClFN4. The van der Waals surface area contributed by atoms with Crippen molar-refractivity contribution in [3.8, 4) is 0 Å². The number of nitrogens with zero attached hydrogens (tertiary/aromatic N) is 3. The van der Waals surface area contributed by atoms with Gasteiger partial charge in [0.2, 0.25) is 5.95 Å². The van der Waals surface area contributed by atoms with Gasteiger partial charge in [-0.25, -0.2) is 9.37 Å². The number of hydrogen-bond donors (Lipinski definition) is 1. The SMILES string of the molecule is CCN(CC)CCn1c(N)nc2cc(Cl)c(F)cc21. The van der Waals surface area contributed by atoms with E-state index in [4.69, 9.17) is 17.3 Å². The molecule has 0 fully saturated rings. The first-order valence-electron chi connectivity index (χ1n) is 6.39. The van der Waals surface area contributed by atoms with Gasteiger partial charge >= 0.3 is 0 Å². The lowest BCUT2D eigenvalue weighted by Gasteiger charge is -2.18. The highest BCUT2D eigenvalue weighted by Gasteiger charge is 2.12. The Kier molecular flexibility index (Phi) is 4.27. The van der Waals surface area contributed by atoms with Crippen LogP contribution in [0.5, 0.6) is 0 Å². The molecule has 0 radical (unpaired) electrons. The first-order valence-corrected chi connectivity index (χ1v) is 6.77. The van der Waals surface area contributed by atoms with Crippen LogP contribution in [0.4, 0.5) is 10.3 Å². The fraction of sp³-hybridized carbons (Fsp3) is 0.462. The summed E-state index contributed by atoms with van der Waals surface area (Å²) in [7, 11) is 0. The van der Waals surface area contributed by atoms with E-state index in [1.54, 1.807) is 0 Å². The van der Waals surface area contributed by atoms with Crippen LogP contribution in [0.25, 0.3) is 11.0 Å². The van der Waals surface area contributed by atoms with Crippen molar-refractivity contribution in [2.75, 3.05) is 25.4 Å². The van der Waals surface area contributed by atoms with Crippen LogP contribution >= 0.6 is 11.6 Å². The minimum Gasteiger partial charge on any atom is -0.369 e. The lowest BCUT2D eigenvalue weighted by molar-refractivity contribution is 0.292. The van der Waals surface area contributed by atoms with Crippen LogP contribution in [0.1, 0.15) is 13.8 Å². The Labute approximate surface area is 117 Å². The Hall–Kier alpha value is -1.33. The van der Waals surface area contributed by atoms with Gasteiger partial charge in [0.05, 0.1) is 16.1 Å². The van der Waals surface area contributed by atoms with Crippen molar-refractivity contribution in [1.82, 2.24) is 14.5 Å². The zero-order valence-corrected chi connectivity index (χ0v) is 11.9. The fourth-order valence-corrected chi connectivity index (χ4v) is 2.31. The highest BCUT2D eigenvalue weighted by Crippen LogP contribution is 2.24. The van der Waals surface area contributed by atoms with Gasteiger partial charge in [-0.1, -0.05) is 25.4 Å². The van der Waals surface area contributed by atoms with E-state index in [2.05, 4.69) is 23.7 Å². The number of likely N-dealkylation sites (N-methyl/N-ethyl adjacent to an activating group) is 1. The number of hydrogen-bond acceptors (Lipinski definition) is 3. The highest BCUT2D eigenvalue weighted by molar-refractivity contribution is 6.31.